The van der Waals surface area contributed by atoms with Crippen LogP contribution in [-0.4, -0.2) is 248 Å². The molecule has 0 bridgehead atoms. The van der Waals surface area contributed by atoms with Gasteiger partial charge in [0.1, 0.15) is 11.5 Å². The summed E-state index contributed by atoms with van der Waals surface area (Å²) in [6.07, 6.45) is 27.3. The van der Waals surface area contributed by atoms with E-state index in [9.17, 15) is 54.4 Å². The molecule has 7 amide bonds. The number of anilines is 1. The fourth-order valence-corrected chi connectivity index (χ4v) is 20.8. The number of nitrogens with one attached hydrogen (secondary N) is 10. The number of sulfonamides is 2. The first-order chi connectivity index (χ1) is 69.9. The number of nitrogens with zero attached hydrogens (tertiary/aromatic N) is 14. The fourth-order valence-electron chi connectivity index (χ4n) is 18.2. The van der Waals surface area contributed by atoms with Gasteiger partial charge in [0.05, 0.1) is 22.0 Å². The molecule has 8 aromatic carbocycles. The van der Waals surface area contributed by atoms with Crippen molar-refractivity contribution in [2.45, 2.75) is 149 Å². The van der Waals surface area contributed by atoms with Gasteiger partial charge in [0.15, 0.2) is 36.4 Å². The highest BCUT2D eigenvalue weighted by atomic mass is 32.2. The quantitative estimate of drug-likeness (QED) is 0.0171. The molecular weight excluding hydrogens is 1880 g/mol. The summed E-state index contributed by atoms with van der Waals surface area (Å²) in [7, 11) is -1.62. The normalized spacial score (nSPS) is 19.3. The van der Waals surface area contributed by atoms with Crippen molar-refractivity contribution in [2.24, 2.45) is 14.1 Å². The molecule has 18 rings (SSSR count). The summed E-state index contributed by atoms with van der Waals surface area (Å²) in [6, 6.07) is 60.8. The minimum atomic E-state index is -3.66. The number of likely N-dealkylation sites (tertiary alicyclic amines) is 6. The molecule has 0 radical (unpaired) electrons. The van der Waals surface area contributed by atoms with E-state index in [0.717, 1.165) is 141 Å². The van der Waals surface area contributed by atoms with Crippen LogP contribution in [0.25, 0.3) is 33.5 Å². The number of rotatable bonds is 22. The Hall–Kier alpha value is -15.3. The summed E-state index contributed by atoms with van der Waals surface area (Å²) in [5.41, 5.74) is 11.2. The molecule has 7 saturated heterocycles. The predicted octanol–water partition coefficient (Wildman–Crippen LogP) is 11.3. The topological polar surface area (TPSA) is 441 Å². The first kappa shape index (κ1) is 108. The molecule has 758 valence electrons. The van der Waals surface area contributed by atoms with E-state index in [1.807, 2.05) is 148 Å². The van der Waals surface area contributed by atoms with Crippen molar-refractivity contribution in [2.75, 3.05) is 104 Å². The van der Waals surface area contributed by atoms with Gasteiger partial charge >= 0.3 is 6.03 Å². The maximum absolute atomic E-state index is 13.8. The van der Waals surface area contributed by atoms with Gasteiger partial charge in [-0.05, 0) is 205 Å². The van der Waals surface area contributed by atoms with E-state index < -0.39 is 37.7 Å². The Morgan fingerprint density at radius 2 is 0.862 bits per heavy atom. The highest BCUT2D eigenvalue weighted by Crippen LogP contribution is 2.32. The Bertz CT molecular complexity index is 6420. The van der Waals surface area contributed by atoms with Crippen molar-refractivity contribution in [3.63, 3.8) is 0 Å². The Balaban J connectivity index is 0.000000156. The Labute approximate surface area is 846 Å². The van der Waals surface area contributed by atoms with E-state index in [0.29, 0.717) is 112 Å². The second-order valence-electron chi connectivity index (χ2n) is 36.7. The molecule has 8 atom stereocenters. The predicted molar refractivity (Wildman–Crippen MR) is 549 cm³/mol. The maximum Gasteiger partial charge on any atom is 0.320 e. The Kier molecular flexibility index (Phi) is 39.4. The van der Waals surface area contributed by atoms with Crippen LogP contribution in [0.15, 0.2) is 236 Å². The Morgan fingerprint density at radius 1 is 0.434 bits per heavy atom. The second kappa shape index (κ2) is 52.6. The summed E-state index contributed by atoms with van der Waals surface area (Å²) >= 11 is 0. The second-order valence-corrected chi connectivity index (χ2v) is 40.1. The third kappa shape index (κ3) is 31.3. The zero-order valence-corrected chi connectivity index (χ0v) is 83.6. The van der Waals surface area contributed by atoms with Crippen LogP contribution in [0, 0.1) is 83.8 Å². The van der Waals surface area contributed by atoms with E-state index in [2.05, 4.69) is 130 Å². The molecule has 145 heavy (non-hydrogen) atoms. The van der Waals surface area contributed by atoms with E-state index in [1.165, 1.54) is 35.9 Å². The van der Waals surface area contributed by atoms with Gasteiger partial charge in [-0.3, -0.25) is 38.7 Å². The lowest BCUT2D eigenvalue weighted by Crippen LogP contribution is -2.46. The standard InChI is InChI=1S/C22H23F2N7O.C19H22N2O.C18H17N3O.C17H22N4O3S.C16H21N5O3S.C13H15N3O.C2H4/c1-5-31-11-16(14-6-7-17(23)18(24)8-14)19(12-31)26-22(32)27-21-13(2)20(28-30(21)4)15-9-25-29(3)10-15;1-21-13-5-8-18(14-21)20-19(22)17-11-9-16(10-12-17)15-6-3-2-4-7-15;19-13-21-11-10-17(12-21)20-18(22)16-8-6-15(7-9-16)14-4-2-1-3-5-14;18-12-21-9-8-15(11-21)19-17(22)13-4-3-7-16(10-13)25(23,24)20-14-5-1-2-6-14;17-11-21-7-5-14(10-21)19-16(22)12-2-1-3-15(8-12)25(23,24)20-13-4-6-18-9-13;1-10-2-4-11(5-3-10)13(17)15-12-6-7-16(8-12)9-14;1-2/h1,6-10,16,19H,11-12H2,2-4H3,(H2,26,27,32);2-4,6-7,9-12,18H,5,8,13-14H2,1H3,(H,20,22);1-9,17H,10-12H2,(H,20,22);3-4,7,10,14-15,20H,1-2,5-6,8-9,11H2,(H,19,22);1-3,8,13-14,18,20H,4-7,9-10H2,(H,19,22);2-5,12H,6-8H2,1H3,(H,15,17);1-2H2/t16?,19-;;;;13-,14?;12-;/m1...11./s1. The first-order valence-electron chi connectivity index (χ1n) is 48.3. The number of halogens is 2. The number of benzene rings is 8. The average Bonchev–Trinajstić information content (AvgIpc) is 1.68. The Morgan fingerprint density at radius 3 is 1.27 bits per heavy atom. The molecule has 38 heteroatoms. The summed E-state index contributed by atoms with van der Waals surface area (Å²) < 4.78 is 85.8. The molecule has 5 unspecified atom stereocenters. The van der Waals surface area contributed by atoms with Gasteiger partial charge in [-0.1, -0.05) is 140 Å². The number of aromatic nitrogens is 4. The molecule has 1 saturated carbocycles. The fraction of sp³-hybridized carbons (Fsp3) is 0.364. The largest absolute Gasteiger partial charge is 0.348 e. The van der Waals surface area contributed by atoms with Gasteiger partial charge in [-0.2, -0.15) is 31.2 Å². The van der Waals surface area contributed by atoms with Crippen LogP contribution in [0.2, 0.25) is 0 Å². The molecule has 34 nitrogen and oxygen atoms in total. The third-order valence-electron chi connectivity index (χ3n) is 26.0. The minimum Gasteiger partial charge on any atom is -0.348 e. The monoisotopic (exact) mass is 2010 g/mol. The van der Waals surface area contributed by atoms with Crippen molar-refractivity contribution in [3.05, 3.63) is 282 Å². The highest BCUT2D eigenvalue weighted by Gasteiger charge is 2.37. The molecular formula is C107H124F2N24O10S2. The maximum atomic E-state index is 13.8. The van der Waals surface area contributed by atoms with Crippen LogP contribution >= 0.6 is 0 Å². The van der Waals surface area contributed by atoms with Crippen molar-refractivity contribution in [1.82, 2.24) is 95.6 Å². The van der Waals surface area contributed by atoms with E-state index in [1.54, 1.807) is 71.4 Å². The smallest absolute Gasteiger partial charge is 0.320 e. The number of urea groups is 1. The van der Waals surface area contributed by atoms with Crippen LogP contribution in [0.5, 0.6) is 0 Å². The van der Waals surface area contributed by atoms with Crippen LogP contribution in [0.3, 0.4) is 0 Å². The number of carbonyl (C=O) groups is 6. The number of piperidine rings is 1. The third-order valence-corrected chi connectivity index (χ3v) is 29.0. The number of terminal acetylenes is 1. The van der Waals surface area contributed by atoms with Crippen molar-refractivity contribution in [1.29, 1.82) is 21.0 Å². The highest BCUT2D eigenvalue weighted by molar-refractivity contribution is 7.89. The number of aryl methyl sites for hydroxylation is 3. The summed E-state index contributed by atoms with van der Waals surface area (Å²) in [6.45, 7) is 19.0. The van der Waals surface area contributed by atoms with Crippen LogP contribution in [0.4, 0.5) is 19.4 Å². The lowest BCUT2D eigenvalue weighted by Gasteiger charge is -2.30. The molecule has 8 fully saturated rings. The number of nitriles is 4. The zero-order chi connectivity index (χ0) is 104. The molecule has 0 spiro atoms. The number of carbonyl (C=O) groups excluding carboxylic acids is 6. The first-order valence-corrected chi connectivity index (χ1v) is 51.3. The SMILES string of the molecule is C#CN1CC(c2ccc(F)c(F)c2)[C@H](NC(=O)Nc2c(C)c(-c3cnn(C)c3)nn2C)C1.C=C.CN1CCCC(NC(=O)c2ccc(-c3ccccc3)cc2)C1.Cc1ccc(C(=O)N[C@@H]2CCN(C#N)C2)cc1.N#CN1CCC(NC(=O)c2ccc(-c3ccccc3)cc2)C1.N#CN1CCC(NC(=O)c2cccc(S(=O)(=O)NC3CCCC3)c2)C1.N#CN1CCC(NC(=O)c2cccc(S(=O)(=O)N[C@@H]3CCNC3)c2)C1. The van der Waals surface area contributed by atoms with E-state index in [-0.39, 0.29) is 93.6 Å². The van der Waals surface area contributed by atoms with E-state index >= 15 is 0 Å². The van der Waals surface area contributed by atoms with Crippen molar-refractivity contribution in [3.8, 4) is 70.8 Å². The molecule has 7 aliphatic heterocycles. The summed E-state index contributed by atoms with van der Waals surface area (Å²) in [5, 5.41) is 67.6. The number of hydrogen-bond acceptors (Lipinski definition) is 23. The zero-order valence-electron chi connectivity index (χ0n) is 82.0. The van der Waals surface area contributed by atoms with Crippen LogP contribution in [-0.2, 0) is 34.1 Å². The van der Waals surface area contributed by atoms with Gasteiger partial charge in [0.2, 0.25) is 20.0 Å². The minimum absolute atomic E-state index is 0.0158. The molecule has 9 heterocycles. The van der Waals surface area contributed by atoms with Gasteiger partial charge < -0.3 is 66.6 Å². The molecule has 2 aromatic heterocycles. The summed E-state index contributed by atoms with van der Waals surface area (Å²) in [5.74, 6) is -2.36. The summed E-state index contributed by atoms with van der Waals surface area (Å²) in [4.78, 5) is 84.7. The number of likely N-dealkylation sites (N-methyl/N-ethyl adjacent to an activating group) is 1. The average molecular weight is 2010 g/mol. The molecule has 8 aliphatic rings. The van der Waals surface area contributed by atoms with Crippen LogP contribution < -0.4 is 52.0 Å². The van der Waals surface area contributed by atoms with Crippen molar-refractivity contribution >= 4 is 61.4 Å². The van der Waals surface area contributed by atoms with Gasteiger partial charge in [0, 0.05) is 192 Å². The number of amides is 7. The van der Waals surface area contributed by atoms with Crippen LogP contribution in [0.1, 0.15) is 145 Å². The van der Waals surface area contributed by atoms with Gasteiger partial charge in [-0.15, -0.1) is 13.2 Å². The number of hydrogen-bond donors (Lipinski definition) is 10. The van der Waals surface area contributed by atoms with Gasteiger partial charge in [0.25, 0.3) is 29.5 Å². The van der Waals surface area contributed by atoms with Crippen molar-refractivity contribution < 1.29 is 54.4 Å². The van der Waals surface area contributed by atoms with E-state index in [4.69, 9.17) is 27.5 Å². The molecule has 10 aromatic rings. The lowest BCUT2D eigenvalue weighted by molar-refractivity contribution is 0.0907. The molecule has 1 aliphatic carbocycles. The lowest BCUT2D eigenvalue weighted by atomic mass is 9.94. The van der Waals surface area contributed by atoms with Gasteiger partial charge in [-0.25, -0.2) is 39.9 Å². The molecule has 10 N–H and O–H groups in total.